The monoisotopic (exact) mass is 224 g/mol. The molecule has 1 amide bonds. The van der Waals surface area contributed by atoms with Crippen LogP contribution in [0, 0.1) is 0 Å². The molecule has 1 aliphatic rings. The summed E-state index contributed by atoms with van der Waals surface area (Å²) in [6.07, 6.45) is 3.59. The van der Waals surface area contributed by atoms with E-state index in [1.807, 2.05) is 16.9 Å². The quantitative estimate of drug-likeness (QED) is 0.732. The maximum Gasteiger partial charge on any atom is 0.236 e. The molecule has 2 N–H and O–H groups in total. The van der Waals surface area contributed by atoms with Crippen molar-refractivity contribution in [3.63, 3.8) is 0 Å². The number of amides is 1. The molecule has 1 aliphatic heterocycles. The minimum absolute atomic E-state index is 0.0181. The van der Waals surface area contributed by atoms with Gasteiger partial charge in [0.15, 0.2) is 0 Å². The largest absolute Gasteiger partial charge is 0.377 e. The zero-order valence-electron chi connectivity index (χ0n) is 9.24. The molecule has 88 valence electrons. The first-order chi connectivity index (χ1) is 7.76. The second kappa shape index (κ2) is 4.63. The molecule has 2 heterocycles. The van der Waals surface area contributed by atoms with Crippen LogP contribution in [0.3, 0.4) is 0 Å². The standard InChI is InChI=1S/C10H16N4O2/c1-16-9-7-13(10(15)5-11)6-8(9)14-4-2-3-12-14/h2-4,8-9H,5-7,11H2,1H3/t8-,9+/m0/s1. The van der Waals surface area contributed by atoms with E-state index in [2.05, 4.69) is 5.10 Å². The van der Waals surface area contributed by atoms with Crippen molar-refractivity contribution in [3.05, 3.63) is 18.5 Å². The highest BCUT2D eigenvalue weighted by Gasteiger charge is 2.36. The number of ether oxygens (including phenoxy) is 1. The molecule has 6 heteroatoms. The average molecular weight is 224 g/mol. The van der Waals surface area contributed by atoms with Crippen LogP contribution in [0.2, 0.25) is 0 Å². The average Bonchev–Trinajstić information content (AvgIpc) is 2.95. The summed E-state index contributed by atoms with van der Waals surface area (Å²) < 4.78 is 7.21. The minimum atomic E-state index is -0.0447. The summed E-state index contributed by atoms with van der Waals surface area (Å²) in [5, 5.41) is 4.18. The van der Waals surface area contributed by atoms with E-state index in [-0.39, 0.29) is 24.6 Å². The summed E-state index contributed by atoms with van der Waals surface area (Å²) >= 11 is 0. The number of carbonyl (C=O) groups excluding carboxylic acids is 1. The van der Waals surface area contributed by atoms with Crippen molar-refractivity contribution in [1.82, 2.24) is 14.7 Å². The van der Waals surface area contributed by atoms with Gasteiger partial charge in [0.2, 0.25) is 5.91 Å². The molecule has 2 atom stereocenters. The topological polar surface area (TPSA) is 73.4 Å². The van der Waals surface area contributed by atoms with Crippen LogP contribution < -0.4 is 5.73 Å². The van der Waals surface area contributed by atoms with Gasteiger partial charge in [0.05, 0.1) is 18.7 Å². The van der Waals surface area contributed by atoms with E-state index in [9.17, 15) is 4.79 Å². The van der Waals surface area contributed by atoms with Crippen LogP contribution in [0.25, 0.3) is 0 Å². The van der Waals surface area contributed by atoms with Crippen LogP contribution >= 0.6 is 0 Å². The lowest BCUT2D eigenvalue weighted by molar-refractivity contribution is -0.129. The van der Waals surface area contributed by atoms with Crippen LogP contribution in [0.1, 0.15) is 6.04 Å². The molecule has 6 nitrogen and oxygen atoms in total. The molecule has 1 fully saturated rings. The fraction of sp³-hybridized carbons (Fsp3) is 0.600. The van der Waals surface area contributed by atoms with E-state index in [1.54, 1.807) is 18.2 Å². The van der Waals surface area contributed by atoms with Gasteiger partial charge in [-0.25, -0.2) is 0 Å². The fourth-order valence-electron chi connectivity index (χ4n) is 2.05. The van der Waals surface area contributed by atoms with E-state index in [1.165, 1.54) is 0 Å². The molecule has 2 rings (SSSR count). The smallest absolute Gasteiger partial charge is 0.236 e. The zero-order chi connectivity index (χ0) is 11.5. The number of nitrogens with two attached hydrogens (primary N) is 1. The first kappa shape index (κ1) is 11.1. The number of hydrogen-bond donors (Lipinski definition) is 1. The summed E-state index contributed by atoms with van der Waals surface area (Å²) in [7, 11) is 1.65. The van der Waals surface area contributed by atoms with E-state index < -0.39 is 0 Å². The molecule has 0 bridgehead atoms. The summed E-state index contributed by atoms with van der Waals surface area (Å²) in [5.74, 6) is -0.0447. The molecule has 0 aliphatic carbocycles. The second-order valence-electron chi connectivity index (χ2n) is 3.83. The predicted molar refractivity (Wildman–Crippen MR) is 57.7 cm³/mol. The molecule has 0 saturated carbocycles. The van der Waals surface area contributed by atoms with Gasteiger partial charge in [0.1, 0.15) is 0 Å². The maximum absolute atomic E-state index is 11.5. The Kier molecular flexibility index (Phi) is 3.21. The van der Waals surface area contributed by atoms with Crippen molar-refractivity contribution in [2.45, 2.75) is 12.1 Å². The molecule has 1 saturated heterocycles. The first-order valence-electron chi connectivity index (χ1n) is 5.26. The third-order valence-electron chi connectivity index (χ3n) is 2.93. The summed E-state index contributed by atoms with van der Waals surface area (Å²) in [6.45, 7) is 1.23. The lowest BCUT2D eigenvalue weighted by Crippen LogP contribution is -2.34. The number of likely N-dealkylation sites (tertiary alicyclic amines) is 1. The zero-order valence-corrected chi connectivity index (χ0v) is 9.24. The van der Waals surface area contributed by atoms with Crippen LogP contribution in [-0.2, 0) is 9.53 Å². The Bertz CT molecular complexity index is 352. The van der Waals surface area contributed by atoms with Crippen LogP contribution in [-0.4, -0.2) is 53.4 Å². The first-order valence-corrected chi connectivity index (χ1v) is 5.26. The number of aromatic nitrogens is 2. The van der Waals surface area contributed by atoms with Crippen molar-refractivity contribution in [3.8, 4) is 0 Å². The van der Waals surface area contributed by atoms with E-state index in [0.29, 0.717) is 13.1 Å². The van der Waals surface area contributed by atoms with Crippen molar-refractivity contribution < 1.29 is 9.53 Å². The molecular formula is C10H16N4O2. The number of carbonyl (C=O) groups is 1. The third kappa shape index (κ3) is 1.94. The van der Waals surface area contributed by atoms with Crippen molar-refractivity contribution in [2.24, 2.45) is 5.73 Å². The normalized spacial score (nSPS) is 25.0. The van der Waals surface area contributed by atoms with E-state index >= 15 is 0 Å². The minimum Gasteiger partial charge on any atom is -0.377 e. The Balaban J connectivity index is 2.11. The van der Waals surface area contributed by atoms with Gasteiger partial charge in [0.25, 0.3) is 0 Å². The van der Waals surface area contributed by atoms with Gasteiger partial charge >= 0.3 is 0 Å². The van der Waals surface area contributed by atoms with Gasteiger partial charge in [0, 0.05) is 32.6 Å². The number of rotatable bonds is 3. The lowest BCUT2D eigenvalue weighted by atomic mass is 10.2. The summed E-state index contributed by atoms with van der Waals surface area (Å²) in [4.78, 5) is 13.2. The fourth-order valence-corrected chi connectivity index (χ4v) is 2.05. The maximum atomic E-state index is 11.5. The van der Waals surface area contributed by atoms with Crippen molar-refractivity contribution in [1.29, 1.82) is 0 Å². The Morgan fingerprint density at radius 3 is 3.00 bits per heavy atom. The van der Waals surface area contributed by atoms with Gasteiger partial charge in [-0.1, -0.05) is 0 Å². The molecule has 0 aromatic carbocycles. The number of hydrogen-bond acceptors (Lipinski definition) is 4. The molecule has 1 aromatic rings. The Hall–Kier alpha value is -1.40. The second-order valence-corrected chi connectivity index (χ2v) is 3.83. The highest BCUT2D eigenvalue weighted by Crippen LogP contribution is 2.23. The van der Waals surface area contributed by atoms with Crippen molar-refractivity contribution >= 4 is 5.91 Å². The molecule has 16 heavy (non-hydrogen) atoms. The molecule has 0 radical (unpaired) electrons. The Labute approximate surface area is 94.0 Å². The van der Waals surface area contributed by atoms with Gasteiger partial charge in [-0.3, -0.25) is 9.48 Å². The van der Waals surface area contributed by atoms with Gasteiger partial charge in [-0.2, -0.15) is 5.10 Å². The van der Waals surface area contributed by atoms with E-state index in [0.717, 1.165) is 0 Å². The van der Waals surface area contributed by atoms with Crippen molar-refractivity contribution in [2.75, 3.05) is 26.7 Å². The molecule has 0 spiro atoms. The Morgan fingerprint density at radius 1 is 1.62 bits per heavy atom. The Morgan fingerprint density at radius 2 is 2.44 bits per heavy atom. The van der Waals surface area contributed by atoms with E-state index in [4.69, 9.17) is 10.5 Å². The van der Waals surface area contributed by atoms with Crippen LogP contribution in [0.5, 0.6) is 0 Å². The van der Waals surface area contributed by atoms with Crippen LogP contribution in [0.4, 0.5) is 0 Å². The SMILES string of the molecule is CO[C@@H]1CN(C(=O)CN)C[C@@H]1n1cccn1. The molecule has 0 unspecified atom stereocenters. The van der Waals surface area contributed by atoms with Crippen LogP contribution in [0.15, 0.2) is 18.5 Å². The molecular weight excluding hydrogens is 208 g/mol. The summed E-state index contributed by atoms with van der Waals surface area (Å²) in [5.41, 5.74) is 5.35. The van der Waals surface area contributed by atoms with Gasteiger partial charge in [-0.05, 0) is 6.07 Å². The lowest BCUT2D eigenvalue weighted by Gasteiger charge is -2.16. The number of nitrogens with zero attached hydrogens (tertiary/aromatic N) is 3. The number of methoxy groups -OCH3 is 1. The van der Waals surface area contributed by atoms with Gasteiger partial charge in [-0.15, -0.1) is 0 Å². The highest BCUT2D eigenvalue weighted by atomic mass is 16.5. The van der Waals surface area contributed by atoms with Gasteiger partial charge < -0.3 is 15.4 Å². The summed E-state index contributed by atoms with van der Waals surface area (Å²) in [6, 6.07) is 1.94. The predicted octanol–water partition coefficient (Wildman–Crippen LogP) is -0.760. The highest BCUT2D eigenvalue weighted by molar-refractivity contribution is 5.78. The third-order valence-corrected chi connectivity index (χ3v) is 2.93. The molecule has 1 aromatic heterocycles.